The summed E-state index contributed by atoms with van der Waals surface area (Å²) in [6.45, 7) is 20.8. The Morgan fingerprint density at radius 3 is 1.89 bits per heavy atom. The quantitative estimate of drug-likeness (QED) is 0.136. The molecule has 2 atom stereocenters. The first-order valence-electron chi connectivity index (χ1n) is 17.2. The number of benzene rings is 1. The molecule has 240 valence electrons. The molecule has 0 bridgehead atoms. The SMILES string of the molecule is CCCCC(CC)C[Si]1(CC(CC)CCCC)c2cc(-c3ccc(C(C)(C)C)c4nsnc34)sc2-c2sc(C(C)(C)N)cc21. The van der Waals surface area contributed by atoms with E-state index in [0.29, 0.717) is 0 Å². The highest BCUT2D eigenvalue weighted by Gasteiger charge is 2.50. The van der Waals surface area contributed by atoms with E-state index in [0.717, 1.165) is 22.9 Å². The Bertz CT molecular complexity index is 1550. The lowest BCUT2D eigenvalue weighted by Gasteiger charge is -2.36. The van der Waals surface area contributed by atoms with Gasteiger partial charge < -0.3 is 5.73 Å². The summed E-state index contributed by atoms with van der Waals surface area (Å²) in [6, 6.07) is 12.6. The highest BCUT2D eigenvalue weighted by molar-refractivity contribution is 7.30. The molecule has 7 heteroatoms. The van der Waals surface area contributed by atoms with Gasteiger partial charge in [-0.05, 0) is 71.3 Å². The molecule has 4 aromatic rings. The normalized spacial score (nSPS) is 18.1. The Hall–Kier alpha value is -1.38. The summed E-state index contributed by atoms with van der Waals surface area (Å²) < 4.78 is 9.71. The number of aromatic nitrogens is 2. The minimum absolute atomic E-state index is 0.0322. The lowest BCUT2D eigenvalue weighted by atomic mass is 9.85. The van der Waals surface area contributed by atoms with Crippen molar-refractivity contribution in [3.8, 4) is 20.2 Å². The van der Waals surface area contributed by atoms with Gasteiger partial charge in [-0.15, -0.1) is 22.7 Å². The number of fused-ring (bicyclic) bond motifs is 4. The summed E-state index contributed by atoms with van der Waals surface area (Å²) in [5.41, 5.74) is 11.2. The summed E-state index contributed by atoms with van der Waals surface area (Å²) in [5.74, 6) is 1.56. The highest BCUT2D eigenvalue weighted by atomic mass is 32.1. The van der Waals surface area contributed by atoms with E-state index < -0.39 is 8.07 Å². The molecule has 0 spiro atoms. The molecule has 1 aliphatic heterocycles. The molecule has 0 amide bonds. The van der Waals surface area contributed by atoms with E-state index in [1.54, 1.807) is 20.1 Å². The zero-order valence-electron chi connectivity index (χ0n) is 28.7. The maximum atomic E-state index is 6.82. The van der Waals surface area contributed by atoms with Crippen molar-refractivity contribution in [3.05, 3.63) is 34.7 Å². The van der Waals surface area contributed by atoms with Crippen molar-refractivity contribution in [3.63, 3.8) is 0 Å². The van der Waals surface area contributed by atoms with Gasteiger partial charge in [-0.3, -0.25) is 0 Å². The van der Waals surface area contributed by atoms with Gasteiger partial charge >= 0.3 is 0 Å². The van der Waals surface area contributed by atoms with Crippen LogP contribution in [0.3, 0.4) is 0 Å². The first kappa shape index (κ1) is 34.0. The van der Waals surface area contributed by atoms with Gasteiger partial charge in [-0.2, -0.15) is 8.75 Å². The van der Waals surface area contributed by atoms with E-state index in [4.69, 9.17) is 14.5 Å². The van der Waals surface area contributed by atoms with Crippen LogP contribution in [0, 0.1) is 11.8 Å². The number of nitrogens with zero attached hydrogens (tertiary/aromatic N) is 2. The maximum Gasteiger partial charge on any atom is 0.122 e. The third kappa shape index (κ3) is 6.42. The summed E-state index contributed by atoms with van der Waals surface area (Å²) in [7, 11) is -2.07. The molecule has 2 unspecified atom stereocenters. The highest BCUT2D eigenvalue weighted by Crippen LogP contribution is 2.49. The zero-order chi connectivity index (χ0) is 31.9. The van der Waals surface area contributed by atoms with Gasteiger partial charge in [0.05, 0.1) is 11.7 Å². The lowest BCUT2D eigenvalue weighted by Crippen LogP contribution is -2.57. The van der Waals surface area contributed by atoms with Crippen molar-refractivity contribution in [2.45, 2.75) is 137 Å². The van der Waals surface area contributed by atoms with Crippen LogP contribution in [0.4, 0.5) is 0 Å². The summed E-state index contributed by atoms with van der Waals surface area (Å²) >= 11 is 5.37. The molecule has 0 fully saturated rings. The molecular weight excluding hydrogens is 611 g/mol. The molecule has 1 aliphatic rings. The molecule has 0 saturated carbocycles. The van der Waals surface area contributed by atoms with Crippen LogP contribution in [-0.2, 0) is 11.0 Å². The second-order valence-corrected chi connectivity index (χ2v) is 21.8. The maximum absolute atomic E-state index is 6.82. The molecule has 3 nitrogen and oxygen atoms in total. The van der Waals surface area contributed by atoms with Crippen molar-refractivity contribution in [2.24, 2.45) is 17.6 Å². The first-order chi connectivity index (χ1) is 20.9. The van der Waals surface area contributed by atoms with Crippen LogP contribution in [0.15, 0.2) is 24.3 Å². The topological polar surface area (TPSA) is 51.8 Å². The molecule has 5 rings (SSSR count). The van der Waals surface area contributed by atoms with Crippen LogP contribution in [0.1, 0.15) is 124 Å². The lowest BCUT2D eigenvalue weighted by molar-refractivity contribution is 0.469. The zero-order valence-corrected chi connectivity index (χ0v) is 32.2. The van der Waals surface area contributed by atoms with Gasteiger partial charge in [0.1, 0.15) is 19.1 Å². The van der Waals surface area contributed by atoms with Crippen LogP contribution < -0.4 is 16.1 Å². The number of nitrogens with two attached hydrogens (primary N) is 1. The van der Waals surface area contributed by atoms with Crippen molar-refractivity contribution in [2.75, 3.05) is 0 Å². The fourth-order valence-corrected chi connectivity index (χ4v) is 18.5. The average Bonchev–Trinajstić information content (AvgIpc) is 3.75. The number of unbranched alkanes of at least 4 members (excludes halogenated alkanes) is 2. The second kappa shape index (κ2) is 13.4. The van der Waals surface area contributed by atoms with Gasteiger partial charge in [0.25, 0.3) is 0 Å². The Kier molecular flexibility index (Phi) is 10.3. The Morgan fingerprint density at radius 2 is 1.34 bits per heavy atom. The fraction of sp³-hybridized carbons (Fsp3) is 0.622. The monoisotopic (exact) mass is 665 g/mol. The molecule has 1 aromatic carbocycles. The van der Waals surface area contributed by atoms with Gasteiger partial charge in [-0.25, -0.2) is 0 Å². The third-order valence-corrected chi connectivity index (χ3v) is 19.3. The van der Waals surface area contributed by atoms with E-state index in [1.807, 2.05) is 22.7 Å². The summed E-state index contributed by atoms with van der Waals surface area (Å²) in [4.78, 5) is 5.82. The molecular formula is C37H55N3S3Si. The third-order valence-electron chi connectivity index (χ3n) is 10.2. The fourth-order valence-electron chi connectivity index (χ4n) is 7.49. The Morgan fingerprint density at radius 1 is 0.773 bits per heavy atom. The van der Waals surface area contributed by atoms with Gasteiger partial charge in [-0.1, -0.05) is 112 Å². The second-order valence-electron chi connectivity index (χ2n) is 15.1. The van der Waals surface area contributed by atoms with Crippen molar-refractivity contribution in [1.29, 1.82) is 0 Å². The van der Waals surface area contributed by atoms with E-state index in [1.165, 1.54) is 96.1 Å². The van der Waals surface area contributed by atoms with Crippen molar-refractivity contribution >= 4 is 63.9 Å². The molecule has 2 N–H and O–H groups in total. The molecule has 0 saturated heterocycles. The molecule has 4 heterocycles. The summed E-state index contributed by atoms with van der Waals surface area (Å²) in [5, 5.41) is 3.44. The van der Waals surface area contributed by atoms with Crippen molar-refractivity contribution in [1.82, 2.24) is 8.75 Å². The molecule has 0 radical (unpaired) electrons. The molecule has 44 heavy (non-hydrogen) atoms. The predicted molar refractivity (Wildman–Crippen MR) is 201 cm³/mol. The summed E-state index contributed by atoms with van der Waals surface area (Å²) in [6.07, 6.45) is 10.5. The Labute approximate surface area is 280 Å². The van der Waals surface area contributed by atoms with E-state index in [9.17, 15) is 0 Å². The van der Waals surface area contributed by atoms with Crippen LogP contribution in [0.5, 0.6) is 0 Å². The minimum Gasteiger partial charge on any atom is -0.321 e. The van der Waals surface area contributed by atoms with Crippen LogP contribution in [0.25, 0.3) is 31.2 Å². The van der Waals surface area contributed by atoms with Gasteiger partial charge in [0, 0.05) is 30.6 Å². The van der Waals surface area contributed by atoms with Gasteiger partial charge in [0.2, 0.25) is 0 Å². The van der Waals surface area contributed by atoms with E-state index in [2.05, 4.69) is 86.6 Å². The van der Waals surface area contributed by atoms with Crippen LogP contribution >= 0.6 is 34.4 Å². The number of rotatable bonds is 14. The smallest absolute Gasteiger partial charge is 0.122 e. The van der Waals surface area contributed by atoms with Crippen LogP contribution in [-0.4, -0.2) is 16.8 Å². The van der Waals surface area contributed by atoms with Crippen LogP contribution in [0.2, 0.25) is 12.1 Å². The van der Waals surface area contributed by atoms with E-state index in [-0.39, 0.29) is 11.0 Å². The molecule has 3 aromatic heterocycles. The van der Waals surface area contributed by atoms with Crippen molar-refractivity contribution < 1.29 is 0 Å². The average molecular weight is 666 g/mol. The molecule has 0 aliphatic carbocycles. The standard InChI is InChI=1S/C37H55N3S3Si/c1-10-14-16-24(12-3)22-44(23-25(13-4)17-15-11-2)29-20-28(41-34(29)35-30(44)21-31(42-35)37(8,9)38)26-18-19-27(36(5,6)7)33-32(26)39-43-40-33/h18-21,24-25H,10-17,22-23,38H2,1-9H3. The largest absolute Gasteiger partial charge is 0.321 e. The van der Waals surface area contributed by atoms with Gasteiger partial charge in [0.15, 0.2) is 0 Å². The number of hydrogen-bond acceptors (Lipinski definition) is 6. The Balaban J connectivity index is 1.73. The number of hydrogen-bond donors (Lipinski definition) is 1. The predicted octanol–water partition coefficient (Wildman–Crippen LogP) is 10.9. The first-order valence-corrected chi connectivity index (χ1v) is 22.0. The van der Waals surface area contributed by atoms with E-state index >= 15 is 0 Å². The number of thiophene rings is 2. The minimum atomic E-state index is -2.07.